The molecule has 0 aliphatic carbocycles. The molecule has 0 unspecified atom stereocenters. The van der Waals surface area contributed by atoms with E-state index in [1.54, 1.807) is 0 Å². The number of imidazole rings is 1. The molecule has 1 aromatic carbocycles. The summed E-state index contributed by atoms with van der Waals surface area (Å²) in [5.74, 6) is -1.15. The summed E-state index contributed by atoms with van der Waals surface area (Å²) in [6.45, 7) is 4.52. The Kier molecular flexibility index (Phi) is 6.53. The maximum atomic E-state index is 13.9. The third-order valence-electron chi connectivity index (χ3n) is 3.57. The number of hydrogen-bond acceptors (Lipinski definition) is 5. The summed E-state index contributed by atoms with van der Waals surface area (Å²) in [7, 11) is 0. The molecule has 1 heterocycles. The number of nitrogens with two attached hydrogens (primary N) is 2. The number of aromatic nitrogens is 2. The first-order valence-corrected chi connectivity index (χ1v) is 8.10. The van der Waals surface area contributed by atoms with Crippen LogP contribution >= 0.6 is 11.6 Å². The van der Waals surface area contributed by atoms with Gasteiger partial charge in [-0.05, 0) is 25.1 Å². The van der Waals surface area contributed by atoms with Gasteiger partial charge in [0, 0.05) is 12.1 Å². The van der Waals surface area contributed by atoms with E-state index in [1.807, 2.05) is 0 Å². The minimum atomic E-state index is -0.785. The van der Waals surface area contributed by atoms with Crippen molar-refractivity contribution in [2.75, 3.05) is 18.8 Å². The van der Waals surface area contributed by atoms with E-state index in [2.05, 4.69) is 21.9 Å². The van der Waals surface area contributed by atoms with Crippen molar-refractivity contribution in [1.29, 1.82) is 0 Å². The first-order chi connectivity index (χ1) is 12.3. The monoisotopic (exact) mass is 384 g/mol. The van der Waals surface area contributed by atoms with Crippen LogP contribution in [-0.2, 0) is 6.54 Å². The molecule has 26 heavy (non-hydrogen) atoms. The van der Waals surface area contributed by atoms with E-state index in [0.717, 1.165) is 23.1 Å². The van der Waals surface area contributed by atoms with Crippen molar-refractivity contribution in [3.8, 4) is 0 Å². The molecule has 0 saturated heterocycles. The summed E-state index contributed by atoms with van der Waals surface area (Å²) in [5.41, 5.74) is 10.7. The minimum Gasteiger partial charge on any atom is -0.383 e. The predicted octanol–water partition coefficient (Wildman–Crippen LogP) is 1.57. The highest BCUT2D eigenvalue weighted by atomic mass is 35.5. The molecular weight excluding hydrogens is 366 g/mol. The Bertz CT molecular complexity index is 890. The smallest absolute Gasteiger partial charge is 0.327 e. The van der Waals surface area contributed by atoms with Crippen molar-refractivity contribution < 1.29 is 8.78 Å². The molecule has 0 aliphatic heterocycles. The molecular formula is C16H19ClF2N6O. The van der Waals surface area contributed by atoms with Gasteiger partial charge in [-0.25, -0.2) is 18.6 Å². The topological polar surface area (TPSA) is 114 Å². The molecule has 0 spiro atoms. The Morgan fingerprint density at radius 1 is 1.42 bits per heavy atom. The van der Waals surface area contributed by atoms with Crippen LogP contribution in [0.1, 0.15) is 17.7 Å². The van der Waals surface area contributed by atoms with Gasteiger partial charge in [0.15, 0.2) is 0 Å². The highest BCUT2D eigenvalue weighted by Gasteiger charge is 2.16. The van der Waals surface area contributed by atoms with Crippen molar-refractivity contribution in [1.82, 2.24) is 14.9 Å². The van der Waals surface area contributed by atoms with Gasteiger partial charge >= 0.3 is 5.69 Å². The van der Waals surface area contributed by atoms with Crippen molar-refractivity contribution in [2.24, 2.45) is 10.7 Å². The van der Waals surface area contributed by atoms with E-state index >= 15 is 0 Å². The number of hydrogen-bond donors (Lipinski definition) is 4. The van der Waals surface area contributed by atoms with Crippen LogP contribution in [0, 0.1) is 11.6 Å². The normalized spacial score (nSPS) is 11.2. The van der Waals surface area contributed by atoms with Crippen LogP contribution < -0.4 is 22.5 Å². The Hall–Kier alpha value is -2.65. The first kappa shape index (κ1) is 19.7. The molecule has 2 rings (SSSR count). The van der Waals surface area contributed by atoms with Gasteiger partial charge in [-0.15, -0.1) is 0 Å². The van der Waals surface area contributed by atoms with Crippen molar-refractivity contribution in [3.63, 3.8) is 0 Å². The molecule has 0 aliphatic rings. The third-order valence-corrected chi connectivity index (χ3v) is 3.98. The lowest BCUT2D eigenvalue weighted by Crippen LogP contribution is -2.20. The summed E-state index contributed by atoms with van der Waals surface area (Å²) in [4.78, 5) is 18.6. The quantitative estimate of drug-likeness (QED) is 0.314. The third kappa shape index (κ3) is 4.50. The molecule has 0 bridgehead atoms. The van der Waals surface area contributed by atoms with Crippen LogP contribution in [0.3, 0.4) is 0 Å². The number of benzene rings is 1. The van der Waals surface area contributed by atoms with E-state index in [0.29, 0.717) is 18.9 Å². The second-order valence-corrected chi connectivity index (χ2v) is 5.79. The predicted molar refractivity (Wildman–Crippen MR) is 98.3 cm³/mol. The van der Waals surface area contributed by atoms with Gasteiger partial charge in [0.25, 0.3) is 0 Å². The molecule has 0 saturated carbocycles. The molecule has 0 radical (unpaired) electrons. The zero-order valence-corrected chi connectivity index (χ0v) is 14.6. The van der Waals surface area contributed by atoms with Crippen molar-refractivity contribution >= 4 is 23.6 Å². The lowest BCUT2D eigenvalue weighted by molar-refractivity contribution is 0.576. The van der Waals surface area contributed by atoms with Crippen LogP contribution in [0.4, 0.5) is 14.6 Å². The molecule has 140 valence electrons. The van der Waals surface area contributed by atoms with Gasteiger partial charge in [-0.1, -0.05) is 18.2 Å². The number of H-pyrrole nitrogens is 1. The highest BCUT2D eigenvalue weighted by Crippen LogP contribution is 2.24. The van der Waals surface area contributed by atoms with Crippen LogP contribution in [0.2, 0.25) is 5.02 Å². The minimum absolute atomic E-state index is 0.00763. The number of nitrogens with one attached hydrogen (secondary N) is 2. The zero-order valence-electron chi connectivity index (χ0n) is 13.9. The Morgan fingerprint density at radius 2 is 2.12 bits per heavy atom. The number of aliphatic imine (C=N–C) groups is 1. The molecule has 10 heteroatoms. The number of nitrogens with zero attached hydrogens (tertiary/aromatic N) is 2. The van der Waals surface area contributed by atoms with E-state index in [4.69, 9.17) is 23.1 Å². The number of anilines is 1. The molecule has 0 atom stereocenters. The van der Waals surface area contributed by atoms with E-state index in [9.17, 15) is 13.6 Å². The van der Waals surface area contributed by atoms with Gasteiger partial charge in [0.1, 0.15) is 29.0 Å². The fourth-order valence-corrected chi connectivity index (χ4v) is 2.36. The second-order valence-electron chi connectivity index (χ2n) is 5.41. The lowest BCUT2D eigenvalue weighted by atomic mass is 10.2. The summed E-state index contributed by atoms with van der Waals surface area (Å²) in [6, 6.07) is 1.84. The van der Waals surface area contributed by atoms with Crippen molar-refractivity contribution in [2.45, 2.75) is 13.0 Å². The summed E-state index contributed by atoms with van der Waals surface area (Å²) in [6.07, 6.45) is 2.07. The van der Waals surface area contributed by atoms with Crippen LogP contribution in [-0.4, -0.2) is 28.9 Å². The Morgan fingerprint density at radius 3 is 2.81 bits per heavy atom. The molecule has 1 aromatic heterocycles. The first-order valence-electron chi connectivity index (χ1n) is 7.72. The second kappa shape index (κ2) is 8.63. The Balaban J connectivity index is 2.22. The van der Waals surface area contributed by atoms with Gasteiger partial charge in [0.05, 0.1) is 17.8 Å². The summed E-state index contributed by atoms with van der Waals surface area (Å²) >= 11 is 5.79. The highest BCUT2D eigenvalue weighted by molar-refractivity contribution is 6.31. The fourth-order valence-electron chi connectivity index (χ4n) is 2.15. The molecule has 6 N–H and O–H groups in total. The van der Waals surface area contributed by atoms with Crippen LogP contribution in [0.25, 0.3) is 0 Å². The van der Waals surface area contributed by atoms with Crippen LogP contribution in [0.15, 0.2) is 34.3 Å². The maximum absolute atomic E-state index is 13.9. The van der Waals surface area contributed by atoms with E-state index in [1.165, 1.54) is 6.21 Å². The number of nitrogen functional groups attached to an aromatic ring is 1. The molecule has 2 aromatic rings. The Labute approximate surface area is 153 Å². The molecule has 0 amide bonds. The van der Waals surface area contributed by atoms with Crippen molar-refractivity contribution in [3.05, 3.63) is 62.9 Å². The largest absolute Gasteiger partial charge is 0.383 e. The van der Waals surface area contributed by atoms with Gasteiger partial charge in [-0.2, -0.15) is 0 Å². The fraction of sp³-hybridized carbons (Fsp3) is 0.250. The zero-order chi connectivity index (χ0) is 19.3. The lowest BCUT2D eigenvalue weighted by Gasteiger charge is -2.08. The van der Waals surface area contributed by atoms with Crippen LogP contribution in [0.5, 0.6) is 0 Å². The average molecular weight is 385 g/mol. The molecule has 7 nitrogen and oxygen atoms in total. The maximum Gasteiger partial charge on any atom is 0.327 e. The number of aromatic amines is 1. The summed E-state index contributed by atoms with van der Waals surface area (Å²) < 4.78 is 28.5. The van der Waals surface area contributed by atoms with Gasteiger partial charge in [0.2, 0.25) is 0 Å². The number of halogens is 3. The van der Waals surface area contributed by atoms with Gasteiger partial charge in [-0.3, -0.25) is 4.57 Å². The standard InChI is InChI=1S/C16H19ClF2N6O/c1-9(22-6-2-5-20)23-7-13-15(21)25(16(26)24-13)8-10-11(18)3-4-12(19)14(10)17/h3-4,7,22H,1-2,5-6,8,20-21H2,(H,24,26). The van der Waals surface area contributed by atoms with E-state index in [-0.39, 0.29) is 23.6 Å². The van der Waals surface area contributed by atoms with E-state index < -0.39 is 22.3 Å². The number of rotatable bonds is 8. The SMILES string of the molecule is C=C(N=Cc1[nH]c(=O)n(Cc2c(F)ccc(F)c2Cl)c1N)NCCCN. The van der Waals surface area contributed by atoms with Gasteiger partial charge < -0.3 is 21.8 Å². The molecule has 0 fully saturated rings. The summed E-state index contributed by atoms with van der Waals surface area (Å²) in [5, 5.41) is 2.54. The average Bonchev–Trinajstić information content (AvgIpc) is 2.87.